The van der Waals surface area contributed by atoms with Gasteiger partial charge >= 0.3 is 0 Å². The quantitative estimate of drug-likeness (QED) is 0.123. The molecule has 8 nitrogen and oxygen atoms in total. The first-order valence-corrected chi connectivity index (χ1v) is 22.5. The second-order valence-corrected chi connectivity index (χ2v) is 18.2. The highest BCUT2D eigenvalue weighted by Crippen LogP contribution is 2.36. The molecule has 1 saturated heterocycles. The lowest BCUT2D eigenvalue weighted by Crippen LogP contribution is -2.37. The Balaban J connectivity index is 0.000000197. The second kappa shape index (κ2) is 18.6. The van der Waals surface area contributed by atoms with Crippen LogP contribution >= 0.6 is 22.7 Å². The monoisotopic (exact) mass is 798 g/mol. The van der Waals surface area contributed by atoms with E-state index < -0.39 is 21.0 Å². The Hall–Kier alpha value is -3.88. The Morgan fingerprint density at radius 3 is 1.69 bits per heavy atom. The number of sulfonamides is 1. The summed E-state index contributed by atoms with van der Waals surface area (Å²) in [6.45, 7) is 11.7. The average molecular weight is 799 g/mol. The summed E-state index contributed by atoms with van der Waals surface area (Å²) in [5.41, 5.74) is 6.23. The number of ether oxygens (including phenoxy) is 1. The highest BCUT2D eigenvalue weighted by molar-refractivity contribution is 7.89. The standard InChI is InChI=1S/C26H26N2O2S2.C16H20N2O2S2/c1-3-28(4-2)32(29,30)23-17-15-20(16-18-23)24-19-31-26(27-24)25(21-11-7-5-8-12-21)22-13-9-6-10-14-22;1-12(2)16-17-15(11-21-16)13-3-5-14(6-4-13)22(19)18-7-9-20-10-8-18/h5-19,25H,3-4H2,1-2H3;3-6,11-12H,7-10H2,1-2H3. The van der Waals surface area contributed by atoms with E-state index in [0.717, 1.165) is 50.5 Å². The lowest BCUT2D eigenvalue weighted by atomic mass is 9.92. The highest BCUT2D eigenvalue weighted by Gasteiger charge is 2.23. The van der Waals surface area contributed by atoms with Crippen LogP contribution in [-0.4, -0.2) is 70.6 Å². The van der Waals surface area contributed by atoms with Gasteiger partial charge in [-0.2, -0.15) is 4.31 Å². The zero-order valence-electron chi connectivity index (χ0n) is 31.0. The molecule has 0 amide bonds. The van der Waals surface area contributed by atoms with E-state index in [2.05, 4.69) is 72.7 Å². The van der Waals surface area contributed by atoms with Crippen LogP contribution in [0, 0.1) is 0 Å². The van der Waals surface area contributed by atoms with Crippen LogP contribution < -0.4 is 0 Å². The molecular weight excluding hydrogens is 753 g/mol. The Kier molecular flexibility index (Phi) is 13.7. The molecule has 0 aliphatic carbocycles. The molecule has 4 aromatic carbocycles. The first kappa shape index (κ1) is 39.8. The van der Waals surface area contributed by atoms with E-state index in [-0.39, 0.29) is 5.92 Å². The summed E-state index contributed by atoms with van der Waals surface area (Å²) < 4.78 is 46.8. The Bertz CT molecular complexity index is 2160. The van der Waals surface area contributed by atoms with Crippen molar-refractivity contribution in [3.63, 3.8) is 0 Å². The number of aromatic nitrogens is 2. The predicted molar refractivity (Wildman–Crippen MR) is 222 cm³/mol. The van der Waals surface area contributed by atoms with Gasteiger partial charge in [-0.3, -0.25) is 0 Å². The van der Waals surface area contributed by atoms with E-state index >= 15 is 0 Å². The first-order valence-electron chi connectivity index (χ1n) is 18.2. The molecule has 6 aromatic rings. The number of benzene rings is 4. The van der Waals surface area contributed by atoms with Crippen molar-refractivity contribution < 1.29 is 17.4 Å². The number of nitrogens with zero attached hydrogens (tertiary/aromatic N) is 4. The van der Waals surface area contributed by atoms with Crippen LogP contribution in [0.2, 0.25) is 0 Å². The van der Waals surface area contributed by atoms with Gasteiger partial charge < -0.3 is 4.74 Å². The number of morpholine rings is 1. The number of rotatable bonds is 12. The van der Waals surface area contributed by atoms with Gasteiger partial charge in [0.15, 0.2) is 0 Å². The molecule has 7 rings (SSSR count). The molecule has 0 bridgehead atoms. The molecule has 0 N–H and O–H groups in total. The van der Waals surface area contributed by atoms with Gasteiger partial charge in [0.25, 0.3) is 0 Å². The molecule has 1 aliphatic rings. The van der Waals surface area contributed by atoms with E-state index in [0.29, 0.717) is 37.1 Å². The van der Waals surface area contributed by atoms with Crippen LogP contribution in [0.15, 0.2) is 130 Å². The van der Waals surface area contributed by atoms with Crippen molar-refractivity contribution in [2.45, 2.75) is 49.3 Å². The zero-order chi connectivity index (χ0) is 38.1. The minimum absolute atomic E-state index is 0.0541. The van der Waals surface area contributed by atoms with Crippen LogP contribution in [0.5, 0.6) is 0 Å². The minimum Gasteiger partial charge on any atom is -0.379 e. The van der Waals surface area contributed by atoms with Crippen molar-refractivity contribution in [1.29, 1.82) is 0 Å². The molecule has 54 heavy (non-hydrogen) atoms. The third-order valence-corrected chi connectivity index (χ3v) is 14.7. The van der Waals surface area contributed by atoms with Crippen molar-refractivity contribution in [2.75, 3.05) is 39.4 Å². The molecule has 1 fully saturated rings. The topological polar surface area (TPSA) is 92.7 Å². The van der Waals surface area contributed by atoms with Gasteiger partial charge in [0.2, 0.25) is 10.0 Å². The van der Waals surface area contributed by atoms with Crippen molar-refractivity contribution in [2.24, 2.45) is 0 Å². The molecule has 3 heterocycles. The fraction of sp³-hybridized carbons (Fsp3) is 0.286. The molecular formula is C42H46N4O4S4. The Morgan fingerprint density at radius 2 is 1.20 bits per heavy atom. The molecule has 0 radical (unpaired) electrons. The lowest BCUT2D eigenvalue weighted by Gasteiger charge is -2.25. The van der Waals surface area contributed by atoms with Gasteiger partial charge in [-0.05, 0) is 35.4 Å². The van der Waals surface area contributed by atoms with Crippen molar-refractivity contribution >= 4 is 43.7 Å². The van der Waals surface area contributed by atoms with Crippen LogP contribution in [0.1, 0.15) is 60.7 Å². The normalized spacial score (nSPS) is 14.3. The summed E-state index contributed by atoms with van der Waals surface area (Å²) in [4.78, 5) is 10.8. The number of thiazole rings is 2. The lowest BCUT2D eigenvalue weighted by molar-refractivity contribution is 0.0752. The van der Waals surface area contributed by atoms with Crippen molar-refractivity contribution in [3.8, 4) is 22.5 Å². The summed E-state index contributed by atoms with van der Waals surface area (Å²) in [6.07, 6.45) is 0. The van der Waals surface area contributed by atoms with E-state index in [1.54, 1.807) is 34.8 Å². The fourth-order valence-corrected chi connectivity index (χ4v) is 10.6. The van der Waals surface area contributed by atoms with E-state index in [1.807, 2.05) is 72.1 Å². The smallest absolute Gasteiger partial charge is 0.243 e. The minimum atomic E-state index is -3.46. The molecule has 12 heteroatoms. The molecule has 1 atom stereocenters. The summed E-state index contributed by atoms with van der Waals surface area (Å²) in [6, 6.07) is 35.7. The largest absolute Gasteiger partial charge is 0.379 e. The van der Waals surface area contributed by atoms with Gasteiger partial charge in [0.1, 0.15) is 16.0 Å². The summed E-state index contributed by atoms with van der Waals surface area (Å²) in [7, 11) is -4.57. The summed E-state index contributed by atoms with van der Waals surface area (Å²) in [5, 5.41) is 6.29. The SMILES string of the molecule is CC(C)c1nc(-c2ccc(S(=O)N3CCOCC3)cc2)cs1.CCN(CC)S(=O)(=O)c1ccc(-c2csc(C(c3ccccc3)c3ccccc3)n2)cc1. The third-order valence-electron chi connectivity index (χ3n) is 9.10. The van der Waals surface area contributed by atoms with Gasteiger partial charge in [0.05, 0.1) is 45.3 Å². The maximum absolute atomic E-state index is 12.8. The average Bonchev–Trinajstić information content (AvgIpc) is 3.92. The van der Waals surface area contributed by atoms with Gasteiger partial charge in [0, 0.05) is 54.0 Å². The van der Waals surface area contributed by atoms with Gasteiger partial charge in [-0.1, -0.05) is 113 Å². The highest BCUT2D eigenvalue weighted by atomic mass is 32.2. The first-order chi connectivity index (χ1) is 26.2. The number of hydrogen-bond donors (Lipinski definition) is 0. The van der Waals surface area contributed by atoms with E-state index in [4.69, 9.17) is 9.72 Å². The summed E-state index contributed by atoms with van der Waals surface area (Å²) >= 11 is 3.32. The molecule has 1 aliphatic heterocycles. The zero-order valence-corrected chi connectivity index (χ0v) is 34.3. The molecule has 0 saturated carbocycles. The number of hydrogen-bond acceptors (Lipinski definition) is 8. The van der Waals surface area contributed by atoms with Crippen LogP contribution in [0.4, 0.5) is 0 Å². The Morgan fingerprint density at radius 1 is 0.722 bits per heavy atom. The van der Waals surface area contributed by atoms with Gasteiger partial charge in [-0.15, -0.1) is 22.7 Å². The Labute approximate surface area is 330 Å². The van der Waals surface area contributed by atoms with E-state index in [9.17, 15) is 12.6 Å². The van der Waals surface area contributed by atoms with Gasteiger partial charge in [-0.25, -0.2) is 26.9 Å². The molecule has 0 spiro atoms. The maximum Gasteiger partial charge on any atom is 0.243 e. The van der Waals surface area contributed by atoms with Crippen LogP contribution in [0.3, 0.4) is 0 Å². The second-order valence-electron chi connectivity index (χ2n) is 13.0. The third kappa shape index (κ3) is 9.49. The van der Waals surface area contributed by atoms with E-state index in [1.165, 1.54) is 15.4 Å². The maximum atomic E-state index is 12.8. The van der Waals surface area contributed by atoms with Crippen molar-refractivity contribution in [3.05, 3.63) is 141 Å². The van der Waals surface area contributed by atoms with Crippen LogP contribution in [-0.2, 0) is 25.7 Å². The fourth-order valence-electron chi connectivity index (χ4n) is 6.12. The summed E-state index contributed by atoms with van der Waals surface area (Å²) in [5.74, 6) is 0.505. The predicted octanol–water partition coefficient (Wildman–Crippen LogP) is 9.31. The molecule has 282 valence electrons. The van der Waals surface area contributed by atoms with Crippen LogP contribution in [0.25, 0.3) is 22.5 Å². The molecule has 1 unspecified atom stereocenters. The molecule has 2 aromatic heterocycles. The van der Waals surface area contributed by atoms with Crippen molar-refractivity contribution in [1.82, 2.24) is 18.6 Å².